The minimum Gasteiger partial charge on any atom is -0.353 e. The molecule has 0 aliphatic carbocycles. The largest absolute Gasteiger partial charge is 0.353 e. The van der Waals surface area contributed by atoms with Crippen LogP contribution in [0, 0.1) is 0 Å². The third-order valence-electron chi connectivity index (χ3n) is 3.41. The van der Waals surface area contributed by atoms with Crippen LogP contribution >= 0.6 is 11.8 Å². The standard InChI is InChI=1S/C18H22N2OS/c1-20(2)17(15-9-5-3-6-10-15)13-19-18(21)14-22-16-11-7-4-8-12-16/h3-12,17H,13-14H2,1-2H3,(H,19,21). The van der Waals surface area contributed by atoms with E-state index in [1.54, 1.807) is 11.8 Å². The molecule has 0 bridgehead atoms. The van der Waals surface area contributed by atoms with Gasteiger partial charge in [0.25, 0.3) is 0 Å². The van der Waals surface area contributed by atoms with Crippen LogP contribution in [0.4, 0.5) is 0 Å². The highest BCUT2D eigenvalue weighted by Gasteiger charge is 2.14. The van der Waals surface area contributed by atoms with Gasteiger partial charge in [0.1, 0.15) is 0 Å². The second-order valence-electron chi connectivity index (χ2n) is 5.30. The van der Waals surface area contributed by atoms with Crippen molar-refractivity contribution in [1.29, 1.82) is 0 Å². The van der Waals surface area contributed by atoms with Gasteiger partial charge in [0.15, 0.2) is 0 Å². The van der Waals surface area contributed by atoms with Crippen LogP contribution in [0.5, 0.6) is 0 Å². The minimum atomic E-state index is 0.0663. The summed E-state index contributed by atoms with van der Waals surface area (Å²) in [5.41, 5.74) is 1.21. The maximum atomic E-state index is 12.0. The van der Waals surface area contributed by atoms with Gasteiger partial charge >= 0.3 is 0 Å². The molecule has 0 spiro atoms. The fourth-order valence-electron chi connectivity index (χ4n) is 2.20. The van der Waals surface area contributed by atoms with Crippen molar-refractivity contribution in [2.24, 2.45) is 0 Å². The average molecular weight is 314 g/mol. The molecule has 0 fully saturated rings. The summed E-state index contributed by atoms with van der Waals surface area (Å²) in [7, 11) is 4.06. The molecule has 0 saturated carbocycles. The number of nitrogens with one attached hydrogen (secondary N) is 1. The molecule has 0 aromatic heterocycles. The second-order valence-corrected chi connectivity index (χ2v) is 6.34. The van der Waals surface area contributed by atoms with E-state index in [4.69, 9.17) is 0 Å². The highest BCUT2D eigenvalue weighted by Crippen LogP contribution is 2.18. The Bertz CT molecular complexity index is 572. The third kappa shape index (κ3) is 5.20. The summed E-state index contributed by atoms with van der Waals surface area (Å²) in [5, 5.41) is 3.03. The molecule has 22 heavy (non-hydrogen) atoms. The first kappa shape index (κ1) is 16.6. The van der Waals surface area contributed by atoms with Crippen LogP contribution < -0.4 is 5.32 Å². The Labute approximate surface area is 136 Å². The summed E-state index contributed by atoms with van der Waals surface area (Å²) in [5.74, 6) is 0.510. The lowest BCUT2D eigenvalue weighted by Crippen LogP contribution is -2.35. The number of benzene rings is 2. The zero-order valence-electron chi connectivity index (χ0n) is 13.0. The number of nitrogens with zero attached hydrogens (tertiary/aromatic N) is 1. The smallest absolute Gasteiger partial charge is 0.230 e. The van der Waals surface area contributed by atoms with Gasteiger partial charge in [-0.25, -0.2) is 0 Å². The Morgan fingerprint density at radius 2 is 1.64 bits per heavy atom. The van der Waals surface area contributed by atoms with Gasteiger partial charge < -0.3 is 10.2 Å². The highest BCUT2D eigenvalue weighted by molar-refractivity contribution is 8.00. The molecule has 1 N–H and O–H groups in total. The Morgan fingerprint density at radius 1 is 1.05 bits per heavy atom. The Balaban J connectivity index is 1.83. The normalized spacial score (nSPS) is 12.1. The molecule has 0 saturated heterocycles. The van der Waals surface area contributed by atoms with E-state index in [1.807, 2.05) is 62.6 Å². The van der Waals surface area contributed by atoms with Gasteiger partial charge in [-0.1, -0.05) is 48.5 Å². The maximum Gasteiger partial charge on any atom is 0.230 e. The van der Waals surface area contributed by atoms with Crippen LogP contribution in [-0.2, 0) is 4.79 Å². The van der Waals surface area contributed by atoms with Crippen LogP contribution in [0.1, 0.15) is 11.6 Å². The van der Waals surface area contributed by atoms with E-state index in [2.05, 4.69) is 22.3 Å². The van der Waals surface area contributed by atoms with Crippen molar-refractivity contribution in [3.05, 3.63) is 66.2 Å². The summed E-state index contributed by atoms with van der Waals surface area (Å²) >= 11 is 1.56. The monoisotopic (exact) mass is 314 g/mol. The van der Waals surface area contributed by atoms with Gasteiger partial charge in [-0.2, -0.15) is 0 Å². The summed E-state index contributed by atoms with van der Waals surface area (Å²) in [6, 6.07) is 20.4. The number of carbonyl (C=O) groups is 1. The van der Waals surface area contributed by atoms with Gasteiger partial charge in [-0.15, -0.1) is 11.8 Å². The number of likely N-dealkylation sites (N-methyl/N-ethyl adjacent to an activating group) is 1. The van der Waals surface area contributed by atoms with E-state index in [0.717, 1.165) is 4.90 Å². The van der Waals surface area contributed by atoms with Crippen molar-refractivity contribution in [1.82, 2.24) is 10.2 Å². The van der Waals surface area contributed by atoms with Gasteiger partial charge in [-0.05, 0) is 31.8 Å². The van der Waals surface area contributed by atoms with Crippen molar-refractivity contribution in [3.8, 4) is 0 Å². The summed E-state index contributed by atoms with van der Waals surface area (Å²) < 4.78 is 0. The molecule has 116 valence electrons. The first-order chi connectivity index (χ1) is 10.7. The number of carbonyl (C=O) groups excluding carboxylic acids is 1. The average Bonchev–Trinajstić information content (AvgIpc) is 2.55. The molecule has 4 heteroatoms. The molecule has 0 heterocycles. The number of amides is 1. The SMILES string of the molecule is CN(C)C(CNC(=O)CSc1ccccc1)c1ccccc1. The molecule has 0 radical (unpaired) electrons. The van der Waals surface area contributed by atoms with E-state index in [1.165, 1.54) is 5.56 Å². The van der Waals surface area contributed by atoms with Gasteiger partial charge in [-0.3, -0.25) is 4.79 Å². The van der Waals surface area contributed by atoms with Crippen LogP contribution in [0.3, 0.4) is 0 Å². The van der Waals surface area contributed by atoms with Crippen molar-refractivity contribution in [2.75, 3.05) is 26.4 Å². The van der Waals surface area contributed by atoms with Crippen molar-refractivity contribution >= 4 is 17.7 Å². The van der Waals surface area contributed by atoms with Crippen LogP contribution in [0.15, 0.2) is 65.6 Å². The van der Waals surface area contributed by atoms with Gasteiger partial charge in [0, 0.05) is 11.4 Å². The fourth-order valence-corrected chi connectivity index (χ4v) is 2.95. The fraction of sp³-hybridized carbons (Fsp3) is 0.278. The van der Waals surface area contributed by atoms with Crippen LogP contribution in [0.25, 0.3) is 0 Å². The molecule has 1 atom stereocenters. The van der Waals surface area contributed by atoms with Gasteiger partial charge in [0.05, 0.1) is 11.8 Å². The minimum absolute atomic E-state index is 0.0663. The lowest BCUT2D eigenvalue weighted by atomic mass is 10.1. The molecule has 3 nitrogen and oxygen atoms in total. The predicted molar refractivity (Wildman–Crippen MR) is 93.0 cm³/mol. The van der Waals surface area contributed by atoms with Crippen molar-refractivity contribution in [3.63, 3.8) is 0 Å². The number of hydrogen-bond acceptors (Lipinski definition) is 3. The number of hydrogen-bond donors (Lipinski definition) is 1. The zero-order valence-corrected chi connectivity index (χ0v) is 13.8. The number of rotatable bonds is 7. The Kier molecular flexibility index (Phi) is 6.49. The Morgan fingerprint density at radius 3 is 2.23 bits per heavy atom. The lowest BCUT2D eigenvalue weighted by Gasteiger charge is -2.25. The molecular formula is C18H22N2OS. The van der Waals surface area contributed by atoms with E-state index in [9.17, 15) is 4.79 Å². The molecule has 0 aliphatic heterocycles. The second kappa shape index (κ2) is 8.61. The topological polar surface area (TPSA) is 32.3 Å². The van der Waals surface area contributed by atoms with Crippen LogP contribution in [-0.4, -0.2) is 37.2 Å². The molecule has 2 rings (SSSR count). The molecule has 2 aromatic rings. The zero-order chi connectivity index (χ0) is 15.8. The summed E-state index contributed by atoms with van der Waals surface area (Å²) in [6.07, 6.45) is 0. The predicted octanol–water partition coefficient (Wildman–Crippen LogP) is 3.20. The van der Waals surface area contributed by atoms with Gasteiger partial charge in [0.2, 0.25) is 5.91 Å². The first-order valence-electron chi connectivity index (χ1n) is 7.32. The summed E-state index contributed by atoms with van der Waals surface area (Å²) in [6.45, 7) is 0.616. The van der Waals surface area contributed by atoms with E-state index in [0.29, 0.717) is 12.3 Å². The van der Waals surface area contributed by atoms with Crippen molar-refractivity contribution in [2.45, 2.75) is 10.9 Å². The molecule has 1 unspecified atom stereocenters. The molecular weight excluding hydrogens is 292 g/mol. The summed E-state index contributed by atoms with van der Waals surface area (Å²) in [4.78, 5) is 15.3. The van der Waals surface area contributed by atoms with E-state index < -0.39 is 0 Å². The molecule has 0 aliphatic rings. The maximum absolute atomic E-state index is 12.0. The third-order valence-corrected chi connectivity index (χ3v) is 4.43. The van der Waals surface area contributed by atoms with E-state index >= 15 is 0 Å². The van der Waals surface area contributed by atoms with Crippen molar-refractivity contribution < 1.29 is 4.79 Å². The first-order valence-corrected chi connectivity index (χ1v) is 8.31. The molecule has 1 amide bonds. The number of thioether (sulfide) groups is 1. The lowest BCUT2D eigenvalue weighted by molar-refractivity contribution is -0.118. The molecule has 2 aromatic carbocycles. The van der Waals surface area contributed by atoms with Crippen LogP contribution in [0.2, 0.25) is 0 Å². The highest BCUT2D eigenvalue weighted by atomic mass is 32.2. The Hall–Kier alpha value is -1.78. The van der Waals surface area contributed by atoms with E-state index in [-0.39, 0.29) is 11.9 Å². The quantitative estimate of drug-likeness (QED) is 0.797.